The molecule has 0 spiro atoms. The maximum absolute atomic E-state index is 6.07. The van der Waals surface area contributed by atoms with Crippen LogP contribution in [0.1, 0.15) is 5.69 Å². The second kappa shape index (κ2) is 4.30. The fourth-order valence-electron chi connectivity index (χ4n) is 1.18. The zero-order valence-electron chi connectivity index (χ0n) is 7.69. The van der Waals surface area contributed by atoms with Crippen LogP contribution in [0.2, 0.25) is 5.02 Å². The first-order chi connectivity index (χ1) is 7.20. The molecule has 1 aromatic carbocycles. The molecule has 0 aliphatic heterocycles. The lowest BCUT2D eigenvalue weighted by atomic mass is 10.3. The standard InChI is InChI=1S/C9H8BrClN4/c10-6-1-2-9(8(11)3-6)15-5-7(4-12)13-14-15/h1-3,5H,4,12H2. The van der Waals surface area contributed by atoms with Gasteiger partial charge in [-0.15, -0.1) is 5.10 Å². The normalized spacial score (nSPS) is 10.6. The second-order valence-corrected chi connectivity index (χ2v) is 4.28. The molecule has 1 aromatic heterocycles. The number of rotatable bonds is 2. The zero-order valence-corrected chi connectivity index (χ0v) is 10.0. The molecule has 0 saturated heterocycles. The molecule has 0 radical (unpaired) electrons. The molecule has 0 aliphatic carbocycles. The average Bonchev–Trinajstić information content (AvgIpc) is 2.66. The van der Waals surface area contributed by atoms with Gasteiger partial charge in [-0.05, 0) is 18.2 Å². The Balaban J connectivity index is 2.44. The Bertz CT molecular complexity index is 483. The first-order valence-corrected chi connectivity index (χ1v) is 5.44. The molecule has 2 rings (SSSR count). The summed E-state index contributed by atoms with van der Waals surface area (Å²) in [4.78, 5) is 0. The van der Waals surface area contributed by atoms with Gasteiger partial charge in [0.25, 0.3) is 0 Å². The molecule has 1 heterocycles. The lowest BCUT2D eigenvalue weighted by molar-refractivity contribution is 0.796. The molecular weight excluding hydrogens is 279 g/mol. The van der Waals surface area contributed by atoms with Crippen LogP contribution in [0.3, 0.4) is 0 Å². The maximum Gasteiger partial charge on any atom is 0.0967 e. The largest absolute Gasteiger partial charge is 0.325 e. The summed E-state index contributed by atoms with van der Waals surface area (Å²) < 4.78 is 2.53. The number of benzene rings is 1. The van der Waals surface area contributed by atoms with Crippen molar-refractivity contribution in [3.63, 3.8) is 0 Å². The van der Waals surface area contributed by atoms with Crippen LogP contribution in [0.15, 0.2) is 28.9 Å². The van der Waals surface area contributed by atoms with E-state index >= 15 is 0 Å². The molecule has 0 fully saturated rings. The van der Waals surface area contributed by atoms with E-state index in [-0.39, 0.29) is 0 Å². The molecule has 15 heavy (non-hydrogen) atoms. The Morgan fingerprint density at radius 3 is 2.87 bits per heavy atom. The maximum atomic E-state index is 6.07. The summed E-state index contributed by atoms with van der Waals surface area (Å²) in [5, 5.41) is 8.44. The van der Waals surface area contributed by atoms with Crippen molar-refractivity contribution in [2.45, 2.75) is 6.54 Å². The number of aromatic nitrogens is 3. The average molecular weight is 288 g/mol. The van der Waals surface area contributed by atoms with Crippen LogP contribution in [0.4, 0.5) is 0 Å². The molecule has 6 heteroatoms. The Morgan fingerprint density at radius 2 is 2.27 bits per heavy atom. The van der Waals surface area contributed by atoms with Crippen molar-refractivity contribution in [2.75, 3.05) is 0 Å². The molecule has 0 saturated carbocycles. The molecule has 4 nitrogen and oxygen atoms in total. The Morgan fingerprint density at radius 1 is 1.47 bits per heavy atom. The fraction of sp³-hybridized carbons (Fsp3) is 0.111. The molecule has 0 aliphatic rings. The molecule has 2 aromatic rings. The van der Waals surface area contributed by atoms with E-state index in [9.17, 15) is 0 Å². The van der Waals surface area contributed by atoms with Gasteiger partial charge in [0.1, 0.15) is 0 Å². The van der Waals surface area contributed by atoms with E-state index in [0.717, 1.165) is 15.9 Å². The van der Waals surface area contributed by atoms with Crippen molar-refractivity contribution < 1.29 is 0 Å². The lowest BCUT2D eigenvalue weighted by Gasteiger charge is -2.02. The van der Waals surface area contributed by atoms with E-state index in [2.05, 4.69) is 26.2 Å². The number of nitrogens with two attached hydrogens (primary N) is 1. The summed E-state index contributed by atoms with van der Waals surface area (Å²) >= 11 is 9.40. The minimum atomic E-state index is 0.369. The third kappa shape index (κ3) is 2.19. The first-order valence-electron chi connectivity index (χ1n) is 4.27. The minimum Gasteiger partial charge on any atom is -0.325 e. The molecule has 0 amide bonds. The highest BCUT2D eigenvalue weighted by Gasteiger charge is 2.05. The first kappa shape index (κ1) is 10.6. The zero-order chi connectivity index (χ0) is 10.8. The fourth-order valence-corrected chi connectivity index (χ4v) is 1.94. The molecular formula is C9H8BrClN4. The van der Waals surface area contributed by atoms with Crippen molar-refractivity contribution in [1.29, 1.82) is 0 Å². The second-order valence-electron chi connectivity index (χ2n) is 2.95. The predicted octanol–water partition coefficient (Wildman–Crippen LogP) is 2.14. The van der Waals surface area contributed by atoms with Crippen LogP contribution in [0, 0.1) is 0 Å². The molecule has 0 atom stereocenters. The highest BCUT2D eigenvalue weighted by Crippen LogP contribution is 2.23. The third-order valence-corrected chi connectivity index (χ3v) is 2.70. The van der Waals surface area contributed by atoms with Crippen molar-refractivity contribution in [1.82, 2.24) is 15.0 Å². The summed E-state index contributed by atoms with van der Waals surface area (Å²) in [7, 11) is 0. The Kier molecular flexibility index (Phi) is 3.04. The lowest BCUT2D eigenvalue weighted by Crippen LogP contribution is -1.96. The van der Waals surface area contributed by atoms with E-state index in [1.807, 2.05) is 12.1 Å². The smallest absolute Gasteiger partial charge is 0.0967 e. The summed E-state index contributed by atoms with van der Waals surface area (Å²) in [5.74, 6) is 0. The van der Waals surface area contributed by atoms with Crippen molar-refractivity contribution in [2.24, 2.45) is 5.73 Å². The van der Waals surface area contributed by atoms with Gasteiger partial charge in [-0.1, -0.05) is 32.7 Å². The molecule has 2 N–H and O–H groups in total. The van der Waals surface area contributed by atoms with Gasteiger partial charge in [0.2, 0.25) is 0 Å². The monoisotopic (exact) mass is 286 g/mol. The SMILES string of the molecule is NCc1cn(-c2ccc(Br)cc2Cl)nn1. The predicted molar refractivity (Wildman–Crippen MR) is 62.0 cm³/mol. The summed E-state index contributed by atoms with van der Waals surface area (Å²) in [6.45, 7) is 0.369. The van der Waals surface area contributed by atoms with Crippen LogP contribution in [0.5, 0.6) is 0 Å². The number of nitrogens with zero attached hydrogens (tertiary/aromatic N) is 3. The van der Waals surface area contributed by atoms with Gasteiger partial charge in [-0.3, -0.25) is 0 Å². The van der Waals surface area contributed by atoms with Crippen LogP contribution in [-0.4, -0.2) is 15.0 Å². The van der Waals surface area contributed by atoms with Gasteiger partial charge in [0.15, 0.2) is 0 Å². The van der Waals surface area contributed by atoms with Crippen LogP contribution in [-0.2, 0) is 6.54 Å². The van der Waals surface area contributed by atoms with Gasteiger partial charge in [0, 0.05) is 11.0 Å². The topological polar surface area (TPSA) is 56.7 Å². The van der Waals surface area contributed by atoms with Crippen molar-refractivity contribution >= 4 is 27.5 Å². The Hall–Kier alpha value is -0.910. The quantitative estimate of drug-likeness (QED) is 0.920. The summed E-state index contributed by atoms with van der Waals surface area (Å²) in [5.41, 5.74) is 6.96. The van der Waals surface area contributed by atoms with Gasteiger partial charge >= 0.3 is 0 Å². The van der Waals surface area contributed by atoms with E-state index in [0.29, 0.717) is 11.6 Å². The summed E-state index contributed by atoms with van der Waals surface area (Å²) in [6.07, 6.45) is 1.76. The highest BCUT2D eigenvalue weighted by atomic mass is 79.9. The number of hydrogen-bond acceptors (Lipinski definition) is 3. The molecule has 0 bridgehead atoms. The van der Waals surface area contributed by atoms with Crippen LogP contribution >= 0.6 is 27.5 Å². The third-order valence-electron chi connectivity index (χ3n) is 1.91. The van der Waals surface area contributed by atoms with Crippen molar-refractivity contribution in [3.05, 3.63) is 39.6 Å². The van der Waals surface area contributed by atoms with Gasteiger partial charge in [0.05, 0.1) is 22.6 Å². The summed E-state index contributed by atoms with van der Waals surface area (Å²) in [6, 6.07) is 5.56. The van der Waals surface area contributed by atoms with E-state index in [4.69, 9.17) is 17.3 Å². The van der Waals surface area contributed by atoms with Gasteiger partial charge < -0.3 is 5.73 Å². The Labute approximate surface area is 100 Å². The van der Waals surface area contributed by atoms with E-state index in [1.54, 1.807) is 16.9 Å². The highest BCUT2D eigenvalue weighted by molar-refractivity contribution is 9.10. The van der Waals surface area contributed by atoms with E-state index in [1.165, 1.54) is 0 Å². The molecule has 78 valence electrons. The minimum absolute atomic E-state index is 0.369. The van der Waals surface area contributed by atoms with Crippen LogP contribution < -0.4 is 5.73 Å². The van der Waals surface area contributed by atoms with Crippen molar-refractivity contribution in [3.8, 4) is 5.69 Å². The number of halogens is 2. The van der Waals surface area contributed by atoms with Gasteiger partial charge in [-0.2, -0.15) is 0 Å². The molecule has 0 unspecified atom stereocenters. The number of hydrogen-bond donors (Lipinski definition) is 1. The van der Waals surface area contributed by atoms with Crippen LogP contribution in [0.25, 0.3) is 5.69 Å². The van der Waals surface area contributed by atoms with E-state index < -0.39 is 0 Å². The van der Waals surface area contributed by atoms with Gasteiger partial charge in [-0.25, -0.2) is 4.68 Å².